The molecule has 0 saturated carbocycles. The summed E-state index contributed by atoms with van der Waals surface area (Å²) in [5, 5.41) is 4.55. The molecule has 0 radical (unpaired) electrons. The van der Waals surface area contributed by atoms with Crippen molar-refractivity contribution in [2.75, 3.05) is 19.6 Å². The maximum absolute atomic E-state index is 12.4. The average molecular weight is 279 g/mol. The molecule has 0 aromatic carbocycles. The van der Waals surface area contributed by atoms with Gasteiger partial charge in [0.2, 0.25) is 0 Å². The highest BCUT2D eigenvalue weighted by molar-refractivity contribution is 7.13. The number of amides is 1. The van der Waals surface area contributed by atoms with Crippen molar-refractivity contribution in [2.24, 2.45) is 5.92 Å². The molecule has 104 valence electrons. The zero-order valence-electron chi connectivity index (χ0n) is 11.4. The number of carbonyl (C=O) groups is 1. The van der Waals surface area contributed by atoms with Crippen LogP contribution >= 0.6 is 11.3 Å². The molecule has 1 amide bonds. The van der Waals surface area contributed by atoms with Crippen molar-refractivity contribution in [1.82, 2.24) is 15.2 Å². The first-order valence-electron chi connectivity index (χ1n) is 7.19. The molecular weight excluding hydrogens is 258 g/mol. The highest BCUT2D eigenvalue weighted by Crippen LogP contribution is 2.26. The second kappa shape index (κ2) is 5.59. The summed E-state index contributed by atoms with van der Waals surface area (Å²) in [6.07, 6.45) is 6.66. The minimum Gasteiger partial charge on any atom is -0.338 e. The van der Waals surface area contributed by atoms with E-state index in [2.05, 4.69) is 10.3 Å². The Labute approximate surface area is 118 Å². The van der Waals surface area contributed by atoms with Gasteiger partial charge in [0.05, 0.1) is 11.2 Å². The molecule has 2 fully saturated rings. The molecule has 1 aromatic rings. The molecule has 0 spiro atoms. The highest BCUT2D eigenvalue weighted by atomic mass is 32.1. The van der Waals surface area contributed by atoms with Crippen molar-refractivity contribution in [3.8, 4) is 0 Å². The van der Waals surface area contributed by atoms with Gasteiger partial charge in [0, 0.05) is 19.1 Å². The van der Waals surface area contributed by atoms with Crippen LogP contribution in [0.1, 0.15) is 40.4 Å². The monoisotopic (exact) mass is 279 g/mol. The van der Waals surface area contributed by atoms with E-state index in [0.29, 0.717) is 12.0 Å². The number of nitrogens with one attached hydrogen (secondary N) is 1. The molecule has 2 aliphatic heterocycles. The van der Waals surface area contributed by atoms with E-state index in [1.807, 2.05) is 11.8 Å². The first-order chi connectivity index (χ1) is 9.24. The quantitative estimate of drug-likeness (QED) is 0.901. The van der Waals surface area contributed by atoms with Gasteiger partial charge in [-0.1, -0.05) is 0 Å². The standard InChI is InChI=1S/C14H21N3OS/c1-10-16-8-13(19-10)14(18)17-7-3-4-11(9-17)12-5-2-6-15-12/h8,11-12,15H,2-7,9H2,1H3. The number of thiazole rings is 1. The molecule has 4 nitrogen and oxygen atoms in total. The van der Waals surface area contributed by atoms with E-state index in [9.17, 15) is 4.79 Å². The van der Waals surface area contributed by atoms with Gasteiger partial charge in [-0.2, -0.15) is 0 Å². The third-order valence-corrected chi connectivity index (χ3v) is 5.15. The van der Waals surface area contributed by atoms with Crippen LogP contribution < -0.4 is 5.32 Å². The van der Waals surface area contributed by atoms with Crippen LogP contribution in [0.5, 0.6) is 0 Å². The van der Waals surface area contributed by atoms with E-state index < -0.39 is 0 Å². The second-order valence-electron chi connectivity index (χ2n) is 5.60. The number of hydrogen-bond donors (Lipinski definition) is 1. The van der Waals surface area contributed by atoms with Crippen molar-refractivity contribution >= 4 is 17.2 Å². The Balaban J connectivity index is 1.65. The number of piperidine rings is 1. The highest BCUT2D eigenvalue weighted by Gasteiger charge is 2.31. The van der Waals surface area contributed by atoms with E-state index in [1.54, 1.807) is 6.20 Å². The van der Waals surface area contributed by atoms with Crippen LogP contribution in [0.4, 0.5) is 0 Å². The molecule has 5 heteroatoms. The molecule has 1 N–H and O–H groups in total. The summed E-state index contributed by atoms with van der Waals surface area (Å²) >= 11 is 1.51. The van der Waals surface area contributed by atoms with Gasteiger partial charge in [-0.25, -0.2) is 4.98 Å². The molecule has 1 aromatic heterocycles. The van der Waals surface area contributed by atoms with Crippen LogP contribution in [0.3, 0.4) is 0 Å². The molecular formula is C14H21N3OS. The molecule has 19 heavy (non-hydrogen) atoms. The SMILES string of the molecule is Cc1ncc(C(=O)N2CCCC(C3CCCN3)C2)s1. The molecule has 2 saturated heterocycles. The maximum Gasteiger partial charge on any atom is 0.265 e. The Bertz CT molecular complexity index is 453. The van der Waals surface area contributed by atoms with Gasteiger partial charge in [0.1, 0.15) is 4.88 Å². The van der Waals surface area contributed by atoms with E-state index in [-0.39, 0.29) is 5.91 Å². The van der Waals surface area contributed by atoms with Gasteiger partial charge in [-0.15, -0.1) is 11.3 Å². The Kier molecular flexibility index (Phi) is 3.84. The molecule has 2 unspecified atom stereocenters. The van der Waals surface area contributed by atoms with Crippen molar-refractivity contribution < 1.29 is 4.79 Å². The number of hydrogen-bond acceptors (Lipinski definition) is 4. The number of likely N-dealkylation sites (tertiary alicyclic amines) is 1. The lowest BCUT2D eigenvalue weighted by Gasteiger charge is -2.35. The van der Waals surface area contributed by atoms with Crippen LogP contribution in [0.2, 0.25) is 0 Å². The van der Waals surface area contributed by atoms with Gasteiger partial charge >= 0.3 is 0 Å². The normalized spacial score (nSPS) is 27.7. The van der Waals surface area contributed by atoms with E-state index in [1.165, 1.54) is 30.6 Å². The Hall–Kier alpha value is -0.940. The van der Waals surface area contributed by atoms with E-state index in [4.69, 9.17) is 0 Å². The predicted molar refractivity (Wildman–Crippen MR) is 76.5 cm³/mol. The summed E-state index contributed by atoms with van der Waals surface area (Å²) < 4.78 is 0. The average Bonchev–Trinajstić information content (AvgIpc) is 3.09. The lowest BCUT2D eigenvalue weighted by molar-refractivity contribution is 0.0655. The fourth-order valence-corrected chi connectivity index (χ4v) is 4.00. The number of aromatic nitrogens is 1. The largest absolute Gasteiger partial charge is 0.338 e. The smallest absolute Gasteiger partial charge is 0.265 e. The van der Waals surface area contributed by atoms with E-state index >= 15 is 0 Å². The fraction of sp³-hybridized carbons (Fsp3) is 0.714. The summed E-state index contributed by atoms with van der Waals surface area (Å²) in [6.45, 7) is 4.90. The van der Waals surface area contributed by atoms with Crippen LogP contribution in [0.25, 0.3) is 0 Å². The molecule has 3 heterocycles. The van der Waals surface area contributed by atoms with Crippen LogP contribution in [0, 0.1) is 12.8 Å². The van der Waals surface area contributed by atoms with Gasteiger partial charge in [-0.05, 0) is 45.1 Å². The topological polar surface area (TPSA) is 45.2 Å². The summed E-state index contributed by atoms with van der Waals surface area (Å²) in [4.78, 5) is 19.5. The van der Waals surface area contributed by atoms with Crippen molar-refractivity contribution in [1.29, 1.82) is 0 Å². The minimum atomic E-state index is 0.174. The van der Waals surface area contributed by atoms with Gasteiger partial charge in [0.15, 0.2) is 0 Å². The van der Waals surface area contributed by atoms with Crippen LogP contribution in [-0.4, -0.2) is 41.5 Å². The summed E-state index contributed by atoms with van der Waals surface area (Å²) in [7, 11) is 0. The molecule has 2 atom stereocenters. The Morgan fingerprint density at radius 3 is 3.05 bits per heavy atom. The van der Waals surface area contributed by atoms with Crippen LogP contribution in [0.15, 0.2) is 6.20 Å². The van der Waals surface area contributed by atoms with Crippen molar-refractivity contribution in [2.45, 2.75) is 38.6 Å². The lowest BCUT2D eigenvalue weighted by Crippen LogP contribution is -2.45. The third-order valence-electron chi connectivity index (χ3n) is 4.24. The zero-order valence-corrected chi connectivity index (χ0v) is 12.2. The summed E-state index contributed by atoms with van der Waals surface area (Å²) in [5.74, 6) is 0.808. The van der Waals surface area contributed by atoms with E-state index in [0.717, 1.165) is 35.9 Å². The minimum absolute atomic E-state index is 0.174. The molecule has 2 aliphatic rings. The van der Waals surface area contributed by atoms with Gasteiger partial charge in [-0.3, -0.25) is 4.79 Å². The van der Waals surface area contributed by atoms with Crippen LogP contribution in [-0.2, 0) is 0 Å². The zero-order chi connectivity index (χ0) is 13.2. The number of carbonyl (C=O) groups excluding carboxylic acids is 1. The third kappa shape index (κ3) is 2.82. The first kappa shape index (κ1) is 13.1. The van der Waals surface area contributed by atoms with Gasteiger partial charge < -0.3 is 10.2 Å². The Morgan fingerprint density at radius 2 is 2.37 bits per heavy atom. The maximum atomic E-state index is 12.4. The summed E-state index contributed by atoms with van der Waals surface area (Å²) in [6, 6.07) is 0.624. The second-order valence-corrected chi connectivity index (χ2v) is 6.83. The van der Waals surface area contributed by atoms with Gasteiger partial charge in [0.25, 0.3) is 5.91 Å². The molecule has 0 aliphatic carbocycles. The van der Waals surface area contributed by atoms with Crippen molar-refractivity contribution in [3.05, 3.63) is 16.1 Å². The fourth-order valence-electron chi connectivity index (χ4n) is 3.25. The predicted octanol–water partition coefficient (Wildman–Crippen LogP) is 2.06. The number of aryl methyl sites for hydroxylation is 1. The molecule has 3 rings (SSSR count). The van der Waals surface area contributed by atoms with Crippen molar-refractivity contribution in [3.63, 3.8) is 0 Å². The number of rotatable bonds is 2. The Morgan fingerprint density at radius 1 is 1.47 bits per heavy atom. The summed E-state index contributed by atoms with van der Waals surface area (Å²) in [5.41, 5.74) is 0. The molecule has 0 bridgehead atoms. The first-order valence-corrected chi connectivity index (χ1v) is 8.01. The lowest BCUT2D eigenvalue weighted by atomic mass is 9.90. The number of nitrogens with zero attached hydrogens (tertiary/aromatic N) is 2.